The van der Waals surface area contributed by atoms with Gasteiger partial charge in [0.2, 0.25) is 0 Å². The van der Waals surface area contributed by atoms with Crippen LogP contribution in [-0.2, 0) is 0 Å². The fourth-order valence-corrected chi connectivity index (χ4v) is 4.71. The van der Waals surface area contributed by atoms with E-state index in [9.17, 15) is 4.79 Å². The van der Waals surface area contributed by atoms with Crippen molar-refractivity contribution in [1.82, 2.24) is 9.88 Å². The van der Waals surface area contributed by atoms with E-state index in [0.717, 1.165) is 41.0 Å². The lowest BCUT2D eigenvalue weighted by Crippen LogP contribution is -2.49. The molecule has 2 heterocycles. The summed E-state index contributed by atoms with van der Waals surface area (Å²) in [5.74, 6) is 0.902. The molecule has 0 unspecified atom stereocenters. The molecule has 0 aliphatic carbocycles. The molecule has 1 aromatic heterocycles. The molecule has 34 heavy (non-hydrogen) atoms. The Morgan fingerprint density at radius 3 is 2.44 bits per heavy atom. The summed E-state index contributed by atoms with van der Waals surface area (Å²) in [5, 5.41) is 1.47. The van der Waals surface area contributed by atoms with E-state index in [1.165, 1.54) is 0 Å². The second kappa shape index (κ2) is 9.74. The largest absolute Gasteiger partial charge is 0.492 e. The maximum atomic E-state index is 13.7. The van der Waals surface area contributed by atoms with Crippen molar-refractivity contribution < 1.29 is 9.53 Å². The zero-order chi connectivity index (χ0) is 23.5. The quantitative estimate of drug-likeness (QED) is 0.362. The van der Waals surface area contributed by atoms with Gasteiger partial charge in [-0.25, -0.2) is 4.98 Å². The number of hydrogen-bond donors (Lipinski definition) is 0. The molecule has 0 spiro atoms. The zero-order valence-corrected chi connectivity index (χ0v) is 19.8. The number of carbonyl (C=O) groups is 1. The Balaban J connectivity index is 1.43. The molecule has 0 radical (unpaired) electrons. The van der Waals surface area contributed by atoms with E-state index >= 15 is 0 Å². The van der Waals surface area contributed by atoms with Crippen LogP contribution in [0.15, 0.2) is 78.9 Å². The molecule has 0 atom stereocenters. The summed E-state index contributed by atoms with van der Waals surface area (Å²) in [6.07, 6.45) is 0. The number of benzene rings is 3. The molecular weight excluding hydrogens is 446 g/mol. The Kier molecular flexibility index (Phi) is 6.37. The Morgan fingerprint density at radius 2 is 1.65 bits per heavy atom. The van der Waals surface area contributed by atoms with Crippen LogP contribution in [0.4, 0.5) is 5.69 Å². The number of piperazine rings is 1. The molecule has 0 bridgehead atoms. The van der Waals surface area contributed by atoms with Gasteiger partial charge in [-0.1, -0.05) is 60.1 Å². The number of hydrogen-bond acceptors (Lipinski definition) is 4. The van der Waals surface area contributed by atoms with Crippen LogP contribution in [0.1, 0.15) is 17.3 Å². The molecule has 1 aliphatic rings. The van der Waals surface area contributed by atoms with Crippen LogP contribution >= 0.6 is 11.6 Å². The Hall–Kier alpha value is -3.57. The average Bonchev–Trinajstić information content (AvgIpc) is 2.88. The van der Waals surface area contributed by atoms with Crippen LogP contribution < -0.4 is 9.64 Å². The highest BCUT2D eigenvalue weighted by atomic mass is 35.5. The third kappa shape index (κ3) is 4.31. The van der Waals surface area contributed by atoms with Gasteiger partial charge < -0.3 is 14.5 Å². The number of aromatic nitrogens is 1. The fourth-order valence-electron chi connectivity index (χ4n) is 4.48. The van der Waals surface area contributed by atoms with E-state index in [0.29, 0.717) is 36.0 Å². The first kappa shape index (κ1) is 22.2. The van der Waals surface area contributed by atoms with Crippen molar-refractivity contribution >= 4 is 34.1 Å². The first-order chi connectivity index (χ1) is 16.7. The van der Waals surface area contributed by atoms with Gasteiger partial charge in [-0.15, -0.1) is 0 Å². The Bertz CT molecular complexity index is 1330. The molecule has 1 amide bonds. The summed E-state index contributed by atoms with van der Waals surface area (Å²) in [4.78, 5) is 22.7. The molecule has 5 rings (SSSR count). The highest BCUT2D eigenvalue weighted by molar-refractivity contribution is 6.33. The molecule has 172 valence electrons. The van der Waals surface area contributed by atoms with Gasteiger partial charge >= 0.3 is 0 Å². The number of nitrogens with zero attached hydrogens (tertiary/aromatic N) is 3. The molecule has 1 fully saturated rings. The Labute approximate surface area is 204 Å². The van der Waals surface area contributed by atoms with Crippen molar-refractivity contribution in [3.63, 3.8) is 0 Å². The molecular formula is C28H26ClN3O2. The molecule has 6 heteroatoms. The lowest BCUT2D eigenvalue weighted by Gasteiger charge is -2.37. The summed E-state index contributed by atoms with van der Waals surface area (Å²) in [5.41, 5.74) is 4.04. The van der Waals surface area contributed by atoms with Crippen LogP contribution in [-0.4, -0.2) is 48.6 Å². The number of carbonyl (C=O) groups excluding carboxylic acids is 1. The molecule has 5 nitrogen and oxygen atoms in total. The van der Waals surface area contributed by atoms with Crippen molar-refractivity contribution in [2.45, 2.75) is 6.92 Å². The fraction of sp³-hybridized carbons (Fsp3) is 0.214. The topological polar surface area (TPSA) is 45.7 Å². The number of pyridine rings is 1. The van der Waals surface area contributed by atoms with Crippen molar-refractivity contribution in [1.29, 1.82) is 0 Å². The number of rotatable bonds is 5. The number of fused-ring (bicyclic) bond motifs is 1. The molecule has 3 aromatic carbocycles. The van der Waals surface area contributed by atoms with Crippen molar-refractivity contribution in [2.75, 3.05) is 37.7 Å². The zero-order valence-electron chi connectivity index (χ0n) is 19.1. The van der Waals surface area contributed by atoms with Crippen molar-refractivity contribution in [3.05, 3.63) is 89.4 Å². The summed E-state index contributed by atoms with van der Waals surface area (Å²) in [7, 11) is 0. The number of ether oxygens (including phenoxy) is 1. The van der Waals surface area contributed by atoms with Gasteiger partial charge in [0.25, 0.3) is 5.91 Å². The van der Waals surface area contributed by atoms with Crippen LogP contribution in [0.5, 0.6) is 5.75 Å². The first-order valence-electron chi connectivity index (χ1n) is 11.6. The first-order valence-corrected chi connectivity index (χ1v) is 11.9. The lowest BCUT2D eigenvalue weighted by atomic mass is 10.0. The van der Waals surface area contributed by atoms with Crippen molar-refractivity contribution in [3.8, 4) is 17.0 Å². The van der Waals surface area contributed by atoms with Crippen LogP contribution in [0.2, 0.25) is 5.02 Å². The van der Waals surface area contributed by atoms with E-state index in [1.807, 2.05) is 84.6 Å². The van der Waals surface area contributed by atoms with Gasteiger partial charge in [-0.05, 0) is 37.3 Å². The van der Waals surface area contributed by atoms with Gasteiger partial charge in [0.1, 0.15) is 5.75 Å². The van der Waals surface area contributed by atoms with Crippen LogP contribution in [0.3, 0.4) is 0 Å². The SMILES string of the molecule is CCOc1ccccc1N1CCN(C(=O)c2cc(-c3ccccc3Cl)nc3ccccc23)CC1. The summed E-state index contributed by atoms with van der Waals surface area (Å²) < 4.78 is 5.81. The van der Waals surface area contributed by atoms with E-state index in [4.69, 9.17) is 21.3 Å². The predicted molar refractivity (Wildman–Crippen MR) is 138 cm³/mol. The summed E-state index contributed by atoms with van der Waals surface area (Å²) >= 11 is 6.45. The molecule has 0 N–H and O–H groups in total. The van der Waals surface area contributed by atoms with Gasteiger partial charge in [-0.2, -0.15) is 0 Å². The number of halogens is 1. The maximum Gasteiger partial charge on any atom is 0.254 e. The molecule has 4 aromatic rings. The van der Waals surface area contributed by atoms with Crippen molar-refractivity contribution in [2.24, 2.45) is 0 Å². The molecule has 1 saturated heterocycles. The van der Waals surface area contributed by atoms with Gasteiger partial charge in [-0.3, -0.25) is 4.79 Å². The number of anilines is 1. The van der Waals surface area contributed by atoms with Gasteiger partial charge in [0.15, 0.2) is 0 Å². The average molecular weight is 472 g/mol. The highest BCUT2D eigenvalue weighted by Gasteiger charge is 2.25. The summed E-state index contributed by atoms with van der Waals surface area (Å²) in [6, 6.07) is 25.3. The predicted octanol–water partition coefficient (Wildman–Crippen LogP) is 5.92. The Morgan fingerprint density at radius 1 is 0.941 bits per heavy atom. The smallest absolute Gasteiger partial charge is 0.254 e. The summed E-state index contributed by atoms with van der Waals surface area (Å²) in [6.45, 7) is 5.38. The number of para-hydroxylation sites is 3. The lowest BCUT2D eigenvalue weighted by molar-refractivity contribution is 0.0748. The molecule has 1 aliphatic heterocycles. The molecule has 0 saturated carbocycles. The maximum absolute atomic E-state index is 13.7. The van der Waals surface area contributed by atoms with Crippen LogP contribution in [0.25, 0.3) is 22.2 Å². The third-order valence-electron chi connectivity index (χ3n) is 6.17. The van der Waals surface area contributed by atoms with E-state index in [1.54, 1.807) is 0 Å². The number of amides is 1. The van der Waals surface area contributed by atoms with E-state index < -0.39 is 0 Å². The van der Waals surface area contributed by atoms with Gasteiger partial charge in [0.05, 0.1) is 29.1 Å². The minimum absolute atomic E-state index is 0.0182. The third-order valence-corrected chi connectivity index (χ3v) is 6.50. The normalized spacial score (nSPS) is 13.8. The standard InChI is InChI=1S/C28H26ClN3O2/c1-2-34-27-14-8-7-13-26(27)31-15-17-32(18-16-31)28(33)22-19-25(21-10-3-5-11-23(21)29)30-24-12-6-4-9-20(22)24/h3-14,19H,2,15-18H2,1H3. The van der Waals surface area contributed by atoms with E-state index in [-0.39, 0.29) is 5.91 Å². The van der Waals surface area contributed by atoms with E-state index in [2.05, 4.69) is 11.0 Å². The second-order valence-corrected chi connectivity index (χ2v) is 8.64. The monoisotopic (exact) mass is 471 g/mol. The highest BCUT2D eigenvalue weighted by Crippen LogP contribution is 2.32. The minimum atomic E-state index is 0.0182. The van der Waals surface area contributed by atoms with Crippen LogP contribution in [0, 0.1) is 0 Å². The minimum Gasteiger partial charge on any atom is -0.492 e. The second-order valence-electron chi connectivity index (χ2n) is 8.23. The van der Waals surface area contributed by atoms with Gasteiger partial charge in [0, 0.05) is 42.2 Å².